The summed E-state index contributed by atoms with van der Waals surface area (Å²) in [5.74, 6) is -2.02. The number of nitrogens with zero attached hydrogens (tertiary/aromatic N) is 2. The second kappa shape index (κ2) is 8.92. The Bertz CT molecular complexity index is 1090. The molecule has 3 rings (SSSR count). The van der Waals surface area contributed by atoms with Crippen LogP contribution in [0.3, 0.4) is 0 Å². The zero-order chi connectivity index (χ0) is 22.8. The van der Waals surface area contributed by atoms with Crippen LogP contribution in [0.5, 0.6) is 11.5 Å². The molecule has 9 nitrogen and oxygen atoms in total. The van der Waals surface area contributed by atoms with Gasteiger partial charge in [0.1, 0.15) is 11.9 Å². The third-order valence-electron chi connectivity index (χ3n) is 4.77. The molecule has 0 aliphatic carbocycles. The van der Waals surface area contributed by atoms with Gasteiger partial charge in [0, 0.05) is 32.2 Å². The molecule has 0 bridgehead atoms. The molecule has 1 fully saturated rings. The quantitative estimate of drug-likeness (QED) is 0.680. The predicted octanol–water partition coefficient (Wildman–Crippen LogP) is 3.04. The summed E-state index contributed by atoms with van der Waals surface area (Å²) in [5, 5.41) is 11.7. The third-order valence-corrected chi connectivity index (χ3v) is 5.88. The molecule has 12 heteroatoms. The highest BCUT2D eigenvalue weighted by Gasteiger charge is 2.27. The molecule has 0 spiro atoms. The molecular formula is C19H21F2N3O6S. The minimum Gasteiger partial charge on any atom is -0.490 e. The summed E-state index contributed by atoms with van der Waals surface area (Å²) >= 11 is 0. The van der Waals surface area contributed by atoms with E-state index >= 15 is 0 Å². The van der Waals surface area contributed by atoms with E-state index in [2.05, 4.69) is 10.3 Å². The fourth-order valence-corrected chi connectivity index (χ4v) is 3.76. The van der Waals surface area contributed by atoms with E-state index in [4.69, 9.17) is 14.6 Å². The maximum absolute atomic E-state index is 14.4. The Morgan fingerprint density at radius 1 is 1.23 bits per heavy atom. The fraction of sp³-hybridized carbons (Fsp3) is 0.368. The Labute approximate surface area is 177 Å². The number of halogens is 2. The molecule has 0 atom stereocenters. The largest absolute Gasteiger partial charge is 0.490 e. The van der Waals surface area contributed by atoms with Crippen LogP contribution in [-0.4, -0.2) is 62.1 Å². The number of pyridine rings is 1. The molecule has 0 radical (unpaired) electrons. The van der Waals surface area contributed by atoms with Crippen LogP contribution in [0.15, 0.2) is 29.3 Å². The van der Waals surface area contributed by atoms with Gasteiger partial charge in [0.15, 0.2) is 21.5 Å². The number of nitrogens with one attached hydrogen (secondary N) is 1. The minimum atomic E-state index is -3.58. The minimum absolute atomic E-state index is 0.0344. The van der Waals surface area contributed by atoms with E-state index in [0.29, 0.717) is 12.8 Å². The number of ether oxygens (including phenoxy) is 2. The number of carboxylic acid groups (broad SMARTS) is 1. The Balaban J connectivity index is 1.84. The maximum atomic E-state index is 14.4. The Morgan fingerprint density at radius 3 is 2.45 bits per heavy atom. The van der Waals surface area contributed by atoms with Crippen LogP contribution in [0.1, 0.15) is 12.8 Å². The van der Waals surface area contributed by atoms with Crippen molar-refractivity contribution >= 4 is 27.4 Å². The zero-order valence-corrected chi connectivity index (χ0v) is 17.6. The SMILES string of the molecule is COc1c(Nc2ccc(S(C)(=O)=O)cc2F)ncc(F)c1OC1CCN(C(=O)O)CC1. The first-order valence-corrected chi connectivity index (χ1v) is 11.1. The van der Waals surface area contributed by atoms with E-state index in [0.717, 1.165) is 18.5 Å². The van der Waals surface area contributed by atoms with Crippen molar-refractivity contribution < 1.29 is 36.6 Å². The van der Waals surface area contributed by atoms with E-state index in [1.165, 1.54) is 24.1 Å². The molecule has 1 saturated heterocycles. The highest BCUT2D eigenvalue weighted by atomic mass is 32.2. The second-order valence-corrected chi connectivity index (χ2v) is 8.96. The average molecular weight is 457 g/mol. The smallest absolute Gasteiger partial charge is 0.407 e. The van der Waals surface area contributed by atoms with Crippen LogP contribution in [-0.2, 0) is 9.84 Å². The van der Waals surface area contributed by atoms with Crippen molar-refractivity contribution in [3.05, 3.63) is 36.0 Å². The lowest BCUT2D eigenvalue weighted by Crippen LogP contribution is -2.41. The number of carbonyl (C=O) groups is 1. The first kappa shape index (κ1) is 22.5. The van der Waals surface area contributed by atoms with Gasteiger partial charge in [-0.2, -0.15) is 0 Å². The number of sulfone groups is 1. The van der Waals surface area contributed by atoms with Crippen molar-refractivity contribution in [2.24, 2.45) is 0 Å². The van der Waals surface area contributed by atoms with Gasteiger partial charge in [-0.25, -0.2) is 27.0 Å². The molecule has 1 aliphatic rings. The zero-order valence-electron chi connectivity index (χ0n) is 16.8. The molecule has 2 aromatic rings. The van der Waals surface area contributed by atoms with Crippen LogP contribution in [0.2, 0.25) is 0 Å². The van der Waals surface area contributed by atoms with Crippen molar-refractivity contribution in [1.29, 1.82) is 0 Å². The van der Waals surface area contributed by atoms with Gasteiger partial charge in [0.2, 0.25) is 11.5 Å². The summed E-state index contributed by atoms with van der Waals surface area (Å²) in [5.41, 5.74) is -0.0921. The summed E-state index contributed by atoms with van der Waals surface area (Å²) < 4.78 is 63.0. The number of hydrogen-bond donors (Lipinski definition) is 2. The van der Waals surface area contributed by atoms with E-state index in [9.17, 15) is 22.0 Å². The number of anilines is 2. The van der Waals surface area contributed by atoms with Crippen molar-refractivity contribution in [2.45, 2.75) is 23.8 Å². The van der Waals surface area contributed by atoms with Crippen molar-refractivity contribution in [2.75, 3.05) is 31.8 Å². The summed E-state index contributed by atoms with van der Waals surface area (Å²) in [7, 11) is -2.32. The predicted molar refractivity (Wildman–Crippen MR) is 107 cm³/mol. The molecule has 1 aromatic carbocycles. The molecule has 1 aromatic heterocycles. The Morgan fingerprint density at radius 2 is 1.90 bits per heavy atom. The highest BCUT2D eigenvalue weighted by Crippen LogP contribution is 2.39. The normalized spacial score (nSPS) is 14.9. The van der Waals surface area contributed by atoms with Gasteiger partial charge in [0.05, 0.1) is 23.9 Å². The van der Waals surface area contributed by atoms with Crippen LogP contribution < -0.4 is 14.8 Å². The van der Waals surface area contributed by atoms with Crippen molar-refractivity contribution in [1.82, 2.24) is 9.88 Å². The van der Waals surface area contributed by atoms with Gasteiger partial charge in [-0.15, -0.1) is 0 Å². The number of hydrogen-bond acceptors (Lipinski definition) is 7. The van der Waals surface area contributed by atoms with Gasteiger partial charge in [-0.3, -0.25) is 0 Å². The first-order chi connectivity index (χ1) is 14.6. The number of amides is 1. The molecule has 0 saturated carbocycles. The second-order valence-electron chi connectivity index (χ2n) is 6.94. The average Bonchev–Trinajstić information content (AvgIpc) is 2.71. The number of benzene rings is 1. The van der Waals surface area contributed by atoms with Crippen LogP contribution >= 0.6 is 0 Å². The monoisotopic (exact) mass is 457 g/mol. The fourth-order valence-electron chi connectivity index (χ4n) is 3.13. The lowest BCUT2D eigenvalue weighted by molar-refractivity contribution is 0.0854. The highest BCUT2D eigenvalue weighted by molar-refractivity contribution is 7.90. The van der Waals surface area contributed by atoms with Gasteiger partial charge in [0.25, 0.3) is 0 Å². The summed E-state index contributed by atoms with van der Waals surface area (Å²) in [6.07, 6.45) is 1.10. The standard InChI is InChI=1S/C19H21F2N3O6S/c1-29-17-16(30-11-5-7-24(8-6-11)19(25)26)14(21)10-22-18(17)23-15-4-3-12(9-13(15)20)31(2,27)28/h3-4,9-11H,5-8H2,1-2H3,(H,22,23)(H,25,26). The number of methoxy groups -OCH3 is 1. The lowest BCUT2D eigenvalue weighted by atomic mass is 10.1. The number of rotatable bonds is 6. The van der Waals surface area contributed by atoms with Gasteiger partial charge >= 0.3 is 6.09 Å². The van der Waals surface area contributed by atoms with Gasteiger partial charge in [-0.1, -0.05) is 0 Å². The summed E-state index contributed by atoms with van der Waals surface area (Å²) in [6, 6.07) is 3.31. The van der Waals surface area contributed by atoms with Gasteiger partial charge < -0.3 is 24.8 Å². The molecule has 0 unspecified atom stereocenters. The number of likely N-dealkylation sites (tertiary alicyclic amines) is 1. The molecule has 168 valence electrons. The van der Waals surface area contributed by atoms with Crippen molar-refractivity contribution in [3.8, 4) is 11.5 Å². The van der Waals surface area contributed by atoms with E-state index in [1.54, 1.807) is 0 Å². The topological polar surface area (TPSA) is 118 Å². The summed E-state index contributed by atoms with van der Waals surface area (Å²) in [4.78, 5) is 16.0. The molecule has 1 aliphatic heterocycles. The van der Waals surface area contributed by atoms with Crippen molar-refractivity contribution in [3.63, 3.8) is 0 Å². The molecular weight excluding hydrogens is 436 g/mol. The molecule has 1 amide bonds. The third kappa shape index (κ3) is 5.13. The summed E-state index contributed by atoms with van der Waals surface area (Å²) in [6.45, 7) is 0.496. The van der Waals surface area contributed by atoms with Gasteiger partial charge in [-0.05, 0) is 18.2 Å². The lowest BCUT2D eigenvalue weighted by Gasteiger charge is -2.30. The maximum Gasteiger partial charge on any atom is 0.407 e. The van der Waals surface area contributed by atoms with E-state index in [-0.39, 0.29) is 41.0 Å². The Hall–Kier alpha value is -3.15. The molecule has 31 heavy (non-hydrogen) atoms. The van der Waals surface area contributed by atoms with E-state index in [1.807, 2.05) is 0 Å². The van der Waals surface area contributed by atoms with Crippen LogP contribution in [0.25, 0.3) is 0 Å². The van der Waals surface area contributed by atoms with E-state index < -0.39 is 33.7 Å². The number of piperidine rings is 1. The Kier molecular flexibility index (Phi) is 6.48. The molecule has 2 N–H and O–H groups in total. The molecule has 2 heterocycles. The first-order valence-electron chi connectivity index (χ1n) is 9.23. The number of aromatic nitrogens is 1. The van der Waals surface area contributed by atoms with Crippen LogP contribution in [0.4, 0.5) is 25.1 Å². The van der Waals surface area contributed by atoms with Crippen LogP contribution in [0, 0.1) is 11.6 Å².